The van der Waals surface area contributed by atoms with Crippen LogP contribution >= 0.6 is 0 Å². The van der Waals surface area contributed by atoms with E-state index in [1.165, 1.54) is 32.1 Å². The lowest BCUT2D eigenvalue weighted by Crippen LogP contribution is -2.15. The highest BCUT2D eigenvalue weighted by molar-refractivity contribution is 5.90. The van der Waals surface area contributed by atoms with Crippen LogP contribution in [0.1, 0.15) is 55.2 Å². The Kier molecular flexibility index (Phi) is 4.84. The molecule has 23 heavy (non-hydrogen) atoms. The van der Waals surface area contributed by atoms with Gasteiger partial charge >= 0.3 is 5.97 Å². The van der Waals surface area contributed by atoms with Gasteiger partial charge in [-0.2, -0.15) is 0 Å². The average Bonchev–Trinajstić information content (AvgIpc) is 2.90. The molecule has 2 aromatic rings. The van der Waals surface area contributed by atoms with Crippen molar-refractivity contribution in [1.82, 2.24) is 9.38 Å². The zero-order valence-corrected chi connectivity index (χ0v) is 13.9. The SMILES string of the molecule is CCOC(=O)c1c(C)nc2c(OCC3CCCCC3)cccn12. The van der Waals surface area contributed by atoms with Crippen LogP contribution in [0.3, 0.4) is 0 Å². The Hall–Kier alpha value is -2.04. The van der Waals surface area contributed by atoms with E-state index >= 15 is 0 Å². The molecule has 0 bridgehead atoms. The predicted molar refractivity (Wildman–Crippen MR) is 88.0 cm³/mol. The van der Waals surface area contributed by atoms with Gasteiger partial charge in [0.25, 0.3) is 0 Å². The van der Waals surface area contributed by atoms with Crippen molar-refractivity contribution in [2.24, 2.45) is 5.92 Å². The van der Waals surface area contributed by atoms with E-state index in [1.54, 1.807) is 11.3 Å². The molecule has 0 N–H and O–H groups in total. The summed E-state index contributed by atoms with van der Waals surface area (Å²) < 4.78 is 12.9. The highest BCUT2D eigenvalue weighted by atomic mass is 16.5. The first-order chi connectivity index (χ1) is 11.2. The van der Waals surface area contributed by atoms with Crippen molar-refractivity contribution < 1.29 is 14.3 Å². The summed E-state index contributed by atoms with van der Waals surface area (Å²) in [6.07, 6.45) is 8.25. The normalized spacial score (nSPS) is 15.7. The molecule has 0 aromatic carbocycles. The molecule has 0 unspecified atom stereocenters. The van der Waals surface area contributed by atoms with Gasteiger partial charge in [0, 0.05) is 6.20 Å². The number of imidazole rings is 1. The predicted octanol–water partition coefficient (Wildman–Crippen LogP) is 3.78. The number of ether oxygens (including phenoxy) is 2. The van der Waals surface area contributed by atoms with Crippen LogP contribution in [-0.4, -0.2) is 28.6 Å². The van der Waals surface area contributed by atoms with Gasteiger partial charge in [0.2, 0.25) is 0 Å². The van der Waals surface area contributed by atoms with Gasteiger partial charge in [0.15, 0.2) is 17.1 Å². The maximum Gasteiger partial charge on any atom is 0.357 e. The lowest BCUT2D eigenvalue weighted by atomic mass is 9.90. The van der Waals surface area contributed by atoms with E-state index < -0.39 is 0 Å². The second-order valence-corrected chi connectivity index (χ2v) is 6.15. The van der Waals surface area contributed by atoms with Crippen LogP contribution in [0, 0.1) is 12.8 Å². The topological polar surface area (TPSA) is 52.8 Å². The van der Waals surface area contributed by atoms with Gasteiger partial charge in [0.05, 0.1) is 18.9 Å². The molecule has 1 fully saturated rings. The average molecular weight is 316 g/mol. The van der Waals surface area contributed by atoms with Gasteiger partial charge in [-0.1, -0.05) is 19.3 Å². The zero-order valence-electron chi connectivity index (χ0n) is 13.9. The zero-order chi connectivity index (χ0) is 16.2. The van der Waals surface area contributed by atoms with Crippen LogP contribution in [0.4, 0.5) is 0 Å². The van der Waals surface area contributed by atoms with E-state index in [9.17, 15) is 4.79 Å². The van der Waals surface area contributed by atoms with Crippen LogP contribution in [0.2, 0.25) is 0 Å². The largest absolute Gasteiger partial charge is 0.489 e. The van der Waals surface area contributed by atoms with Crippen LogP contribution in [0.5, 0.6) is 5.75 Å². The van der Waals surface area contributed by atoms with E-state index in [1.807, 2.05) is 25.3 Å². The summed E-state index contributed by atoms with van der Waals surface area (Å²) in [6, 6.07) is 3.80. The number of hydrogen-bond acceptors (Lipinski definition) is 4. The summed E-state index contributed by atoms with van der Waals surface area (Å²) in [7, 11) is 0. The summed E-state index contributed by atoms with van der Waals surface area (Å²) in [5, 5.41) is 0. The van der Waals surface area contributed by atoms with Crippen LogP contribution < -0.4 is 4.74 Å². The lowest BCUT2D eigenvalue weighted by Gasteiger charge is -2.21. The minimum absolute atomic E-state index is 0.345. The molecule has 1 aliphatic rings. The minimum Gasteiger partial charge on any atom is -0.489 e. The fourth-order valence-corrected chi connectivity index (χ4v) is 3.28. The van der Waals surface area contributed by atoms with Crippen molar-refractivity contribution >= 4 is 11.6 Å². The quantitative estimate of drug-likeness (QED) is 0.788. The molecule has 0 saturated heterocycles. The molecular formula is C18H24N2O3. The number of pyridine rings is 1. The summed E-state index contributed by atoms with van der Waals surface area (Å²) >= 11 is 0. The number of fused-ring (bicyclic) bond motifs is 1. The molecule has 5 heteroatoms. The number of rotatable bonds is 5. The molecule has 0 atom stereocenters. The molecular weight excluding hydrogens is 292 g/mol. The maximum atomic E-state index is 12.1. The Morgan fingerprint density at radius 1 is 1.35 bits per heavy atom. The summed E-state index contributed by atoms with van der Waals surface area (Å²) in [6.45, 7) is 4.70. The fourth-order valence-electron chi connectivity index (χ4n) is 3.28. The van der Waals surface area contributed by atoms with Gasteiger partial charge in [-0.25, -0.2) is 9.78 Å². The summed E-state index contributed by atoms with van der Waals surface area (Å²) in [5.74, 6) is 1.02. The molecule has 0 aliphatic heterocycles. The molecule has 124 valence electrons. The van der Waals surface area contributed by atoms with E-state index in [4.69, 9.17) is 9.47 Å². The molecule has 0 radical (unpaired) electrons. The number of carbonyl (C=O) groups is 1. The third-order valence-electron chi connectivity index (χ3n) is 4.46. The van der Waals surface area contributed by atoms with Gasteiger partial charge in [-0.15, -0.1) is 0 Å². The van der Waals surface area contributed by atoms with Gasteiger partial charge < -0.3 is 9.47 Å². The Morgan fingerprint density at radius 3 is 2.87 bits per heavy atom. The number of aromatic nitrogens is 2. The fraction of sp³-hybridized carbons (Fsp3) is 0.556. The van der Waals surface area contributed by atoms with Crippen LogP contribution in [0.15, 0.2) is 18.3 Å². The maximum absolute atomic E-state index is 12.1. The van der Waals surface area contributed by atoms with E-state index in [0.29, 0.717) is 29.6 Å². The van der Waals surface area contributed by atoms with Crippen molar-refractivity contribution in [3.63, 3.8) is 0 Å². The van der Waals surface area contributed by atoms with E-state index in [-0.39, 0.29) is 5.97 Å². The highest BCUT2D eigenvalue weighted by Gasteiger charge is 2.20. The van der Waals surface area contributed by atoms with Crippen LogP contribution in [0.25, 0.3) is 5.65 Å². The van der Waals surface area contributed by atoms with Crippen molar-refractivity contribution in [1.29, 1.82) is 0 Å². The van der Waals surface area contributed by atoms with Gasteiger partial charge in [0.1, 0.15) is 0 Å². The van der Waals surface area contributed by atoms with Crippen molar-refractivity contribution in [2.45, 2.75) is 46.0 Å². The number of carbonyl (C=O) groups excluding carboxylic acids is 1. The molecule has 5 nitrogen and oxygen atoms in total. The van der Waals surface area contributed by atoms with Gasteiger partial charge in [-0.05, 0) is 44.7 Å². The number of esters is 1. The molecule has 1 saturated carbocycles. The van der Waals surface area contributed by atoms with E-state index in [0.717, 1.165) is 12.4 Å². The van der Waals surface area contributed by atoms with Crippen molar-refractivity contribution in [3.05, 3.63) is 29.7 Å². The first kappa shape index (κ1) is 15.8. The Balaban J connectivity index is 1.84. The third kappa shape index (κ3) is 3.33. The summed E-state index contributed by atoms with van der Waals surface area (Å²) in [5.41, 5.74) is 1.82. The van der Waals surface area contributed by atoms with Crippen LogP contribution in [-0.2, 0) is 4.74 Å². The molecule has 0 amide bonds. The Bertz CT molecular complexity index is 687. The summed E-state index contributed by atoms with van der Waals surface area (Å²) in [4.78, 5) is 16.7. The number of nitrogens with zero attached hydrogens (tertiary/aromatic N) is 2. The Labute approximate surface area is 136 Å². The van der Waals surface area contributed by atoms with Crippen molar-refractivity contribution in [3.8, 4) is 5.75 Å². The van der Waals surface area contributed by atoms with E-state index in [2.05, 4.69) is 4.98 Å². The molecule has 3 rings (SSSR count). The molecule has 0 spiro atoms. The number of aryl methyl sites for hydroxylation is 1. The first-order valence-electron chi connectivity index (χ1n) is 8.48. The lowest BCUT2D eigenvalue weighted by molar-refractivity contribution is 0.0517. The Morgan fingerprint density at radius 2 is 2.13 bits per heavy atom. The number of hydrogen-bond donors (Lipinski definition) is 0. The molecule has 2 heterocycles. The first-order valence-corrected chi connectivity index (χ1v) is 8.48. The highest BCUT2D eigenvalue weighted by Crippen LogP contribution is 2.27. The second kappa shape index (κ2) is 7.02. The van der Waals surface area contributed by atoms with Gasteiger partial charge in [-0.3, -0.25) is 4.40 Å². The second-order valence-electron chi connectivity index (χ2n) is 6.15. The smallest absolute Gasteiger partial charge is 0.357 e. The standard InChI is InChI=1S/C18H24N2O3/c1-3-22-18(21)16-13(2)19-17-15(10-7-11-20(16)17)23-12-14-8-5-4-6-9-14/h7,10-11,14H,3-6,8-9,12H2,1-2H3. The third-order valence-corrected chi connectivity index (χ3v) is 4.46. The molecule has 2 aromatic heterocycles. The molecule has 1 aliphatic carbocycles. The van der Waals surface area contributed by atoms with Crippen molar-refractivity contribution in [2.75, 3.05) is 13.2 Å². The minimum atomic E-state index is -0.345. The monoisotopic (exact) mass is 316 g/mol.